The van der Waals surface area contributed by atoms with E-state index in [1.54, 1.807) is 30.5 Å². The van der Waals surface area contributed by atoms with E-state index >= 15 is 0 Å². The van der Waals surface area contributed by atoms with Crippen LogP contribution in [0.5, 0.6) is 0 Å². The van der Waals surface area contributed by atoms with Gasteiger partial charge in [-0.25, -0.2) is 4.79 Å². The van der Waals surface area contributed by atoms with Crippen molar-refractivity contribution in [2.24, 2.45) is 5.73 Å². The lowest BCUT2D eigenvalue weighted by molar-refractivity contribution is -0.142. The Labute approximate surface area is 202 Å². The van der Waals surface area contributed by atoms with Crippen LogP contribution in [0, 0.1) is 0 Å². The predicted molar refractivity (Wildman–Crippen MR) is 131 cm³/mol. The normalized spacial score (nSPS) is 16.5. The molecule has 5 N–H and O–H groups in total. The van der Waals surface area contributed by atoms with E-state index in [0.717, 1.165) is 16.5 Å². The van der Waals surface area contributed by atoms with E-state index in [-0.39, 0.29) is 38.0 Å². The van der Waals surface area contributed by atoms with Gasteiger partial charge < -0.3 is 31.2 Å². The number of nitrogens with one attached hydrogen (secondary N) is 3. The van der Waals surface area contributed by atoms with Crippen molar-refractivity contribution in [3.05, 3.63) is 66.4 Å². The fourth-order valence-electron chi connectivity index (χ4n) is 4.30. The van der Waals surface area contributed by atoms with E-state index in [1.807, 2.05) is 30.3 Å². The molecule has 0 unspecified atom stereocenters. The highest BCUT2D eigenvalue weighted by Crippen LogP contribution is 2.20. The van der Waals surface area contributed by atoms with Crippen molar-refractivity contribution in [3.8, 4) is 0 Å². The number of fused-ring (bicyclic) bond motifs is 1. The van der Waals surface area contributed by atoms with Gasteiger partial charge in [0.15, 0.2) is 0 Å². The van der Waals surface area contributed by atoms with Crippen LogP contribution in [0.4, 0.5) is 10.5 Å². The molecule has 1 aliphatic rings. The summed E-state index contributed by atoms with van der Waals surface area (Å²) in [5.74, 6) is -1.52. The number of H-pyrrole nitrogens is 1. The Morgan fingerprint density at radius 1 is 1.06 bits per heavy atom. The molecule has 4 rings (SSSR count). The second-order valence-electron chi connectivity index (χ2n) is 8.50. The Bertz CT molecular complexity index is 1240. The lowest BCUT2D eigenvalue weighted by Gasteiger charge is -2.40. The fraction of sp³-hybridized carbons (Fsp3) is 0.280. The highest BCUT2D eigenvalue weighted by molar-refractivity contribution is 5.94. The molecule has 10 nitrogen and oxygen atoms in total. The van der Waals surface area contributed by atoms with Crippen molar-refractivity contribution in [1.82, 2.24) is 20.1 Å². The lowest BCUT2D eigenvalue weighted by atomic mass is 10.0. The standard InChI is InChI=1S/C25H28N6O4/c1-16(32)31-12-11-30(25(35)28-18-7-3-2-4-8-18)15-22(31)24(34)29-21(23(26)33)13-17-14-27-20-10-6-5-9-19(17)20/h2-10,14,21-22,27H,11-13,15H2,1H3,(H2,26,33)(H,28,35)(H,29,34)/t21-,22-/m1/s1. The Morgan fingerprint density at radius 2 is 1.77 bits per heavy atom. The molecule has 2 atom stereocenters. The molecular formula is C25H28N6O4. The van der Waals surface area contributed by atoms with Gasteiger partial charge in [-0.2, -0.15) is 0 Å². The molecule has 1 aliphatic heterocycles. The maximum Gasteiger partial charge on any atom is 0.321 e. The van der Waals surface area contributed by atoms with Gasteiger partial charge in [-0.3, -0.25) is 14.4 Å². The van der Waals surface area contributed by atoms with Crippen LogP contribution in [-0.2, 0) is 20.8 Å². The number of anilines is 1. The third kappa shape index (κ3) is 5.43. The summed E-state index contributed by atoms with van der Waals surface area (Å²) in [7, 11) is 0. The summed E-state index contributed by atoms with van der Waals surface area (Å²) < 4.78 is 0. The number of carbonyl (C=O) groups excluding carboxylic acids is 4. The van der Waals surface area contributed by atoms with Gasteiger partial charge in [0, 0.05) is 49.2 Å². The Kier molecular flexibility index (Phi) is 7.00. The average molecular weight is 477 g/mol. The number of urea groups is 1. The number of rotatable bonds is 6. The summed E-state index contributed by atoms with van der Waals surface area (Å²) in [6.45, 7) is 1.83. The molecule has 35 heavy (non-hydrogen) atoms. The minimum atomic E-state index is -0.982. The number of hydrogen-bond donors (Lipinski definition) is 4. The van der Waals surface area contributed by atoms with E-state index in [1.165, 1.54) is 16.7 Å². The van der Waals surface area contributed by atoms with E-state index in [9.17, 15) is 19.2 Å². The number of amides is 5. The highest BCUT2D eigenvalue weighted by Gasteiger charge is 2.37. The van der Waals surface area contributed by atoms with Crippen LogP contribution in [0.15, 0.2) is 60.8 Å². The van der Waals surface area contributed by atoms with Crippen LogP contribution in [-0.4, -0.2) is 70.3 Å². The molecule has 182 valence electrons. The third-order valence-corrected chi connectivity index (χ3v) is 6.16. The summed E-state index contributed by atoms with van der Waals surface area (Å²) in [5.41, 5.74) is 7.98. The molecule has 10 heteroatoms. The molecule has 1 saturated heterocycles. The fourth-order valence-corrected chi connectivity index (χ4v) is 4.30. The van der Waals surface area contributed by atoms with Gasteiger partial charge in [0.05, 0.1) is 6.54 Å². The first-order chi connectivity index (χ1) is 16.8. The molecule has 0 saturated carbocycles. The first kappa shape index (κ1) is 23.8. The highest BCUT2D eigenvalue weighted by atomic mass is 16.2. The monoisotopic (exact) mass is 476 g/mol. The molecule has 3 aromatic rings. The van der Waals surface area contributed by atoms with Crippen molar-refractivity contribution in [1.29, 1.82) is 0 Å². The quantitative estimate of drug-likeness (QED) is 0.427. The summed E-state index contributed by atoms with van der Waals surface area (Å²) >= 11 is 0. The second-order valence-corrected chi connectivity index (χ2v) is 8.50. The number of hydrogen-bond acceptors (Lipinski definition) is 4. The van der Waals surface area contributed by atoms with Crippen LogP contribution >= 0.6 is 0 Å². The number of nitrogens with two attached hydrogens (primary N) is 1. The average Bonchev–Trinajstić information content (AvgIpc) is 3.26. The zero-order valence-corrected chi connectivity index (χ0v) is 19.4. The predicted octanol–water partition coefficient (Wildman–Crippen LogP) is 1.45. The van der Waals surface area contributed by atoms with E-state index < -0.39 is 23.9 Å². The molecule has 0 spiro atoms. The number of benzene rings is 2. The lowest BCUT2D eigenvalue weighted by Crippen LogP contribution is -2.63. The third-order valence-electron chi connectivity index (χ3n) is 6.16. The Morgan fingerprint density at radius 3 is 2.49 bits per heavy atom. The van der Waals surface area contributed by atoms with Gasteiger partial charge in [0.25, 0.3) is 0 Å². The zero-order chi connectivity index (χ0) is 24.9. The van der Waals surface area contributed by atoms with Crippen LogP contribution in [0.2, 0.25) is 0 Å². The van der Waals surface area contributed by atoms with Gasteiger partial charge in [-0.05, 0) is 23.8 Å². The van der Waals surface area contributed by atoms with Gasteiger partial charge in [0.2, 0.25) is 17.7 Å². The SMILES string of the molecule is CC(=O)N1CCN(C(=O)Nc2ccccc2)C[C@@H]1C(=O)N[C@H](Cc1c[nH]c2ccccc12)C(N)=O. The zero-order valence-electron chi connectivity index (χ0n) is 19.4. The molecule has 1 aromatic heterocycles. The second kappa shape index (κ2) is 10.3. The molecular weight excluding hydrogens is 448 g/mol. The number of primary amides is 1. The molecule has 0 aliphatic carbocycles. The molecule has 1 fully saturated rings. The molecule has 0 radical (unpaired) electrons. The molecule has 0 bridgehead atoms. The van der Waals surface area contributed by atoms with E-state index in [0.29, 0.717) is 5.69 Å². The smallest absolute Gasteiger partial charge is 0.321 e. The molecule has 2 aromatic carbocycles. The Hall–Kier alpha value is -4.34. The van der Waals surface area contributed by atoms with Crippen molar-refractivity contribution in [2.75, 3.05) is 25.0 Å². The maximum absolute atomic E-state index is 13.3. The molecule has 5 amide bonds. The number of carbonyl (C=O) groups is 4. The first-order valence-corrected chi connectivity index (χ1v) is 11.4. The minimum absolute atomic E-state index is 0.0113. The minimum Gasteiger partial charge on any atom is -0.368 e. The van der Waals surface area contributed by atoms with Crippen LogP contribution in [0.1, 0.15) is 12.5 Å². The van der Waals surface area contributed by atoms with Crippen LogP contribution in [0.25, 0.3) is 10.9 Å². The summed E-state index contributed by atoms with van der Waals surface area (Å²) in [5, 5.41) is 6.43. The van der Waals surface area contributed by atoms with Gasteiger partial charge >= 0.3 is 6.03 Å². The Balaban J connectivity index is 1.48. The summed E-state index contributed by atoms with van der Waals surface area (Å²) in [4.78, 5) is 56.5. The van der Waals surface area contributed by atoms with Crippen molar-refractivity contribution in [2.45, 2.75) is 25.4 Å². The van der Waals surface area contributed by atoms with E-state index in [2.05, 4.69) is 15.6 Å². The summed E-state index contributed by atoms with van der Waals surface area (Å²) in [6.07, 6.45) is 1.97. The van der Waals surface area contributed by atoms with Crippen molar-refractivity contribution in [3.63, 3.8) is 0 Å². The van der Waals surface area contributed by atoms with Gasteiger partial charge in [-0.1, -0.05) is 36.4 Å². The van der Waals surface area contributed by atoms with Crippen LogP contribution < -0.4 is 16.4 Å². The van der Waals surface area contributed by atoms with Gasteiger partial charge in [0.1, 0.15) is 12.1 Å². The largest absolute Gasteiger partial charge is 0.368 e. The van der Waals surface area contributed by atoms with E-state index in [4.69, 9.17) is 5.73 Å². The summed E-state index contributed by atoms with van der Waals surface area (Å²) in [6, 6.07) is 14.3. The van der Waals surface area contributed by atoms with Crippen molar-refractivity contribution < 1.29 is 19.2 Å². The number of aromatic amines is 1. The number of piperazine rings is 1. The van der Waals surface area contributed by atoms with Gasteiger partial charge in [-0.15, -0.1) is 0 Å². The number of aromatic nitrogens is 1. The molecule has 2 heterocycles. The maximum atomic E-state index is 13.3. The van der Waals surface area contributed by atoms with Crippen molar-refractivity contribution >= 4 is 40.3 Å². The van der Waals surface area contributed by atoms with Crippen LogP contribution in [0.3, 0.4) is 0 Å². The number of nitrogens with zero attached hydrogens (tertiary/aromatic N) is 2. The first-order valence-electron chi connectivity index (χ1n) is 11.4. The topological polar surface area (TPSA) is 141 Å². The number of para-hydroxylation sites is 2.